The number of amides is 2. The minimum Gasteiger partial charge on any atom is -0.480 e. The zero-order valence-corrected chi connectivity index (χ0v) is 9.75. The van der Waals surface area contributed by atoms with E-state index in [1.165, 1.54) is 0 Å². The summed E-state index contributed by atoms with van der Waals surface area (Å²) < 4.78 is 10.7. The van der Waals surface area contributed by atoms with Gasteiger partial charge in [-0.1, -0.05) is 0 Å². The van der Waals surface area contributed by atoms with Crippen LogP contribution in [0, 0.1) is 0 Å². The molecule has 1 unspecified atom stereocenters. The van der Waals surface area contributed by atoms with Crippen molar-refractivity contribution in [3.8, 4) is 0 Å². The zero-order valence-electron chi connectivity index (χ0n) is 8.93. The van der Waals surface area contributed by atoms with Gasteiger partial charge in [0.1, 0.15) is 0 Å². The molecule has 0 aromatic heterocycles. The van der Waals surface area contributed by atoms with Crippen LogP contribution in [0.15, 0.2) is 0 Å². The summed E-state index contributed by atoms with van der Waals surface area (Å²) in [5.41, 5.74) is 0. The van der Waals surface area contributed by atoms with Crippen LogP contribution in [0.5, 0.6) is 0 Å². The van der Waals surface area contributed by atoms with Crippen molar-refractivity contribution in [3.05, 3.63) is 0 Å². The lowest BCUT2D eigenvalue weighted by atomic mass is 10.3. The van der Waals surface area contributed by atoms with Gasteiger partial charge in [0.15, 0.2) is 6.04 Å². The second-order valence-corrected chi connectivity index (χ2v) is 4.66. The fourth-order valence-corrected chi connectivity index (χ4v) is 1.42. The van der Waals surface area contributed by atoms with E-state index in [1.807, 2.05) is 0 Å². The highest BCUT2D eigenvalue weighted by Crippen LogP contribution is 1.84. The smallest absolute Gasteiger partial charge is 0.328 e. The maximum absolute atomic E-state index is 11.1. The van der Waals surface area contributed by atoms with Crippen molar-refractivity contribution < 1.29 is 24.0 Å². The van der Waals surface area contributed by atoms with Gasteiger partial charge in [0, 0.05) is 29.4 Å². The van der Waals surface area contributed by atoms with Gasteiger partial charge >= 0.3 is 12.0 Å². The molecule has 0 radical (unpaired) electrons. The van der Waals surface area contributed by atoms with Crippen molar-refractivity contribution in [2.75, 3.05) is 25.2 Å². The van der Waals surface area contributed by atoms with Crippen LogP contribution < -0.4 is 10.6 Å². The lowest BCUT2D eigenvalue weighted by Gasteiger charge is -2.12. The van der Waals surface area contributed by atoms with Crippen molar-refractivity contribution in [2.24, 2.45) is 0 Å². The second kappa shape index (κ2) is 8.05. The van der Waals surface area contributed by atoms with E-state index in [-0.39, 0.29) is 0 Å². The Balaban J connectivity index is 3.73. The molecule has 0 aromatic rings. The first-order valence-corrected chi connectivity index (χ1v) is 6.38. The molecule has 0 aliphatic carbocycles. The number of hydrogen-bond donors (Lipinski definition) is 4. The Morgan fingerprint density at radius 2 is 2.06 bits per heavy atom. The molecule has 0 rings (SSSR count). The maximum atomic E-state index is 11.1. The SMILES string of the molecule is CS(=O)CCCNC(=O)N[C@@H](CO)C(=O)O. The van der Waals surface area contributed by atoms with Crippen LogP contribution in [0.3, 0.4) is 0 Å². The summed E-state index contributed by atoms with van der Waals surface area (Å²) in [6, 6.07) is -1.97. The van der Waals surface area contributed by atoms with E-state index in [0.717, 1.165) is 0 Å². The number of carbonyl (C=O) groups excluding carboxylic acids is 1. The summed E-state index contributed by atoms with van der Waals surface area (Å²) in [6.07, 6.45) is 2.11. The van der Waals surface area contributed by atoms with Crippen LogP contribution in [-0.2, 0) is 15.6 Å². The average molecular weight is 252 g/mol. The molecule has 0 spiro atoms. The molecule has 8 heteroatoms. The summed E-state index contributed by atoms with van der Waals surface area (Å²) >= 11 is 0. The van der Waals surface area contributed by atoms with E-state index < -0.39 is 35.4 Å². The maximum Gasteiger partial charge on any atom is 0.328 e. The number of aliphatic hydroxyl groups excluding tert-OH is 1. The standard InChI is InChI=1S/C8H16N2O5S/c1-16(15)4-2-3-9-8(14)10-6(5-11)7(12)13/h6,11H,2-5H2,1H3,(H,12,13)(H2,9,10,14)/t6-,16?/m0/s1. The van der Waals surface area contributed by atoms with Crippen LogP contribution in [0.2, 0.25) is 0 Å². The van der Waals surface area contributed by atoms with Gasteiger partial charge in [-0.25, -0.2) is 9.59 Å². The molecular formula is C8H16N2O5S. The van der Waals surface area contributed by atoms with Crippen LogP contribution >= 0.6 is 0 Å². The fraction of sp³-hybridized carbons (Fsp3) is 0.750. The normalized spacial score (nSPS) is 13.9. The second-order valence-electron chi connectivity index (χ2n) is 3.10. The topological polar surface area (TPSA) is 116 Å². The lowest BCUT2D eigenvalue weighted by Crippen LogP contribution is -2.48. The van der Waals surface area contributed by atoms with Gasteiger partial charge in [0.25, 0.3) is 0 Å². The van der Waals surface area contributed by atoms with Crippen molar-refractivity contribution in [3.63, 3.8) is 0 Å². The summed E-state index contributed by atoms with van der Waals surface area (Å²) in [6.45, 7) is -0.356. The number of hydrogen-bond acceptors (Lipinski definition) is 4. The molecular weight excluding hydrogens is 236 g/mol. The molecule has 0 aliphatic rings. The molecule has 0 fully saturated rings. The molecule has 2 amide bonds. The highest BCUT2D eigenvalue weighted by Gasteiger charge is 2.17. The molecule has 0 aromatic carbocycles. The van der Waals surface area contributed by atoms with Gasteiger partial charge < -0.3 is 20.8 Å². The Hall–Kier alpha value is -1.15. The van der Waals surface area contributed by atoms with Crippen molar-refractivity contribution >= 4 is 22.8 Å². The van der Waals surface area contributed by atoms with E-state index >= 15 is 0 Å². The highest BCUT2D eigenvalue weighted by atomic mass is 32.2. The molecule has 16 heavy (non-hydrogen) atoms. The first kappa shape index (κ1) is 14.8. The summed E-state index contributed by atoms with van der Waals surface area (Å²) in [5, 5.41) is 21.6. The number of aliphatic hydroxyl groups is 1. The number of carboxylic acid groups (broad SMARTS) is 1. The van der Waals surface area contributed by atoms with E-state index in [9.17, 15) is 13.8 Å². The van der Waals surface area contributed by atoms with Crippen LogP contribution in [0.1, 0.15) is 6.42 Å². The molecule has 7 nitrogen and oxygen atoms in total. The number of rotatable bonds is 7. The largest absolute Gasteiger partial charge is 0.480 e. The highest BCUT2D eigenvalue weighted by molar-refractivity contribution is 7.84. The molecule has 4 N–H and O–H groups in total. The Labute approximate surface area is 95.7 Å². The number of carboxylic acids is 1. The van der Waals surface area contributed by atoms with Gasteiger partial charge in [0.2, 0.25) is 0 Å². The predicted molar refractivity (Wildman–Crippen MR) is 58.6 cm³/mol. The number of nitrogens with one attached hydrogen (secondary N) is 2. The third-order valence-corrected chi connectivity index (χ3v) is 2.54. The number of urea groups is 1. The van der Waals surface area contributed by atoms with Crippen LogP contribution in [0.4, 0.5) is 4.79 Å². The third-order valence-electron chi connectivity index (χ3n) is 1.68. The Morgan fingerprint density at radius 3 is 2.50 bits per heavy atom. The molecule has 94 valence electrons. The van der Waals surface area contributed by atoms with Gasteiger partial charge in [0.05, 0.1) is 6.61 Å². The molecule has 0 aliphatic heterocycles. The minimum atomic E-state index is -1.31. The Bertz CT molecular complexity index is 271. The van der Waals surface area contributed by atoms with E-state index in [1.54, 1.807) is 6.26 Å². The quantitative estimate of drug-likeness (QED) is 0.411. The molecule has 0 heterocycles. The Morgan fingerprint density at radius 1 is 1.44 bits per heavy atom. The summed E-state index contributed by atoms with van der Waals surface area (Å²) in [7, 11) is -0.906. The molecule has 2 atom stereocenters. The summed E-state index contributed by atoms with van der Waals surface area (Å²) in [4.78, 5) is 21.5. The summed E-state index contributed by atoms with van der Waals surface area (Å²) in [5.74, 6) is -0.824. The van der Waals surface area contributed by atoms with Gasteiger partial charge in [-0.05, 0) is 6.42 Å². The van der Waals surface area contributed by atoms with Gasteiger partial charge in [-0.3, -0.25) is 4.21 Å². The van der Waals surface area contributed by atoms with Crippen molar-refractivity contribution in [1.29, 1.82) is 0 Å². The predicted octanol–water partition coefficient (Wildman–Crippen LogP) is -1.50. The van der Waals surface area contributed by atoms with Gasteiger partial charge in [-0.2, -0.15) is 0 Å². The number of aliphatic carboxylic acids is 1. The Kier molecular flexibility index (Phi) is 7.48. The molecule has 0 saturated heterocycles. The molecule has 0 bridgehead atoms. The zero-order chi connectivity index (χ0) is 12.6. The average Bonchev–Trinajstić information content (AvgIpc) is 2.20. The van der Waals surface area contributed by atoms with Crippen molar-refractivity contribution in [1.82, 2.24) is 10.6 Å². The first-order chi connectivity index (χ1) is 7.47. The first-order valence-electron chi connectivity index (χ1n) is 4.65. The number of carbonyl (C=O) groups is 2. The lowest BCUT2D eigenvalue weighted by molar-refractivity contribution is -0.140. The monoisotopic (exact) mass is 252 g/mol. The van der Waals surface area contributed by atoms with Crippen molar-refractivity contribution in [2.45, 2.75) is 12.5 Å². The van der Waals surface area contributed by atoms with Crippen LogP contribution in [-0.4, -0.2) is 57.6 Å². The van der Waals surface area contributed by atoms with E-state index in [2.05, 4.69) is 10.6 Å². The van der Waals surface area contributed by atoms with Gasteiger partial charge in [-0.15, -0.1) is 0 Å². The van der Waals surface area contributed by atoms with E-state index in [4.69, 9.17) is 10.2 Å². The van der Waals surface area contributed by atoms with E-state index in [0.29, 0.717) is 18.7 Å². The molecule has 0 saturated carbocycles. The fourth-order valence-electron chi connectivity index (χ4n) is 0.872. The minimum absolute atomic E-state index is 0.309. The third kappa shape index (κ3) is 7.18. The van der Waals surface area contributed by atoms with Crippen LogP contribution in [0.25, 0.3) is 0 Å².